The molecule has 2 rings (SSSR count). The minimum Gasteiger partial charge on any atom is -0.444 e. The molecule has 0 bridgehead atoms. The van der Waals surface area contributed by atoms with Gasteiger partial charge in [0, 0.05) is 18.9 Å². The number of benzene rings is 1. The molecule has 29 heavy (non-hydrogen) atoms. The Morgan fingerprint density at radius 1 is 1.07 bits per heavy atom. The number of aromatic nitrogens is 1. The van der Waals surface area contributed by atoms with Crippen LogP contribution in [-0.2, 0) is 22.4 Å². The van der Waals surface area contributed by atoms with Gasteiger partial charge in [-0.15, -0.1) is 0 Å². The maximum atomic E-state index is 12.5. The highest BCUT2D eigenvalue weighted by Crippen LogP contribution is 2.10. The van der Waals surface area contributed by atoms with Gasteiger partial charge in [0.1, 0.15) is 5.60 Å². The Bertz CT molecular complexity index is 776. The fraction of sp³-hybridized carbons (Fsp3) is 0.409. The number of aliphatic hydroxyl groups is 1. The molecule has 0 aliphatic rings. The summed E-state index contributed by atoms with van der Waals surface area (Å²) in [6.45, 7) is 5.62. The fourth-order valence-electron chi connectivity index (χ4n) is 2.74. The number of hydrogen-bond acceptors (Lipinski definition) is 5. The van der Waals surface area contributed by atoms with Crippen molar-refractivity contribution in [2.45, 2.75) is 51.4 Å². The SMILES string of the molecule is CC(C)(C)OC(=O)N[C@@H](Cc1ccccc1)[C@H](O)C(=O)NCCc1ccncc1. The Balaban J connectivity index is 1.99. The van der Waals surface area contributed by atoms with E-state index < -0.39 is 29.7 Å². The zero-order valence-corrected chi connectivity index (χ0v) is 17.1. The Kier molecular flexibility index (Phi) is 8.15. The van der Waals surface area contributed by atoms with Gasteiger partial charge < -0.3 is 20.5 Å². The average molecular weight is 399 g/mol. The third kappa shape index (κ3) is 8.31. The average Bonchev–Trinajstić information content (AvgIpc) is 2.67. The second kappa shape index (κ2) is 10.6. The normalized spacial score (nSPS) is 13.2. The first-order chi connectivity index (χ1) is 13.7. The standard InChI is InChI=1S/C22H29N3O4/c1-22(2,3)29-21(28)25-18(15-17-7-5-4-6-8-17)19(26)20(27)24-14-11-16-9-12-23-13-10-16/h4-10,12-13,18-19,26H,11,14-15H2,1-3H3,(H,24,27)(H,25,28)/t18-,19-/m0/s1. The predicted molar refractivity (Wildman–Crippen MR) is 110 cm³/mol. The zero-order chi connectivity index (χ0) is 21.3. The van der Waals surface area contributed by atoms with Crippen LogP contribution < -0.4 is 10.6 Å². The molecule has 7 heteroatoms. The first kappa shape index (κ1) is 22.4. The third-order valence-corrected chi connectivity index (χ3v) is 4.11. The first-order valence-electron chi connectivity index (χ1n) is 9.63. The lowest BCUT2D eigenvalue weighted by Gasteiger charge is -2.26. The predicted octanol–water partition coefficient (Wildman–Crippen LogP) is 2.24. The van der Waals surface area contributed by atoms with E-state index in [1.807, 2.05) is 42.5 Å². The van der Waals surface area contributed by atoms with E-state index in [4.69, 9.17) is 4.74 Å². The summed E-state index contributed by atoms with van der Waals surface area (Å²) in [7, 11) is 0. The van der Waals surface area contributed by atoms with Gasteiger partial charge in [0.25, 0.3) is 5.91 Å². The van der Waals surface area contributed by atoms with E-state index in [-0.39, 0.29) is 0 Å². The number of nitrogens with zero attached hydrogens (tertiary/aromatic N) is 1. The monoisotopic (exact) mass is 399 g/mol. The van der Waals surface area contributed by atoms with Crippen LogP contribution in [0, 0.1) is 0 Å². The van der Waals surface area contributed by atoms with Gasteiger partial charge in [-0.2, -0.15) is 0 Å². The molecule has 1 aromatic heterocycles. The number of amides is 2. The van der Waals surface area contributed by atoms with Crippen molar-refractivity contribution >= 4 is 12.0 Å². The van der Waals surface area contributed by atoms with E-state index in [2.05, 4.69) is 15.6 Å². The number of rotatable bonds is 8. The topological polar surface area (TPSA) is 101 Å². The number of hydrogen-bond donors (Lipinski definition) is 3. The number of alkyl carbamates (subject to hydrolysis) is 1. The summed E-state index contributed by atoms with van der Waals surface area (Å²) in [6, 6.07) is 12.3. The van der Waals surface area contributed by atoms with Crippen LogP contribution in [0.15, 0.2) is 54.9 Å². The summed E-state index contributed by atoms with van der Waals surface area (Å²) < 4.78 is 5.28. The number of pyridine rings is 1. The molecular weight excluding hydrogens is 370 g/mol. The molecule has 2 aromatic rings. The smallest absolute Gasteiger partial charge is 0.407 e. The largest absolute Gasteiger partial charge is 0.444 e. The summed E-state index contributed by atoms with van der Waals surface area (Å²) in [4.78, 5) is 28.6. The minimum atomic E-state index is -1.42. The molecule has 0 spiro atoms. The Morgan fingerprint density at radius 3 is 2.34 bits per heavy atom. The second-order valence-electron chi connectivity index (χ2n) is 7.78. The van der Waals surface area contributed by atoms with Crippen molar-refractivity contribution in [2.75, 3.05) is 6.54 Å². The van der Waals surface area contributed by atoms with Crippen molar-refractivity contribution in [1.82, 2.24) is 15.6 Å². The van der Waals surface area contributed by atoms with E-state index in [0.717, 1.165) is 11.1 Å². The maximum absolute atomic E-state index is 12.5. The molecular formula is C22H29N3O4. The number of aliphatic hydroxyl groups excluding tert-OH is 1. The van der Waals surface area contributed by atoms with Gasteiger partial charge in [-0.1, -0.05) is 30.3 Å². The van der Waals surface area contributed by atoms with Crippen molar-refractivity contribution in [3.63, 3.8) is 0 Å². The van der Waals surface area contributed by atoms with Crippen LogP contribution in [0.5, 0.6) is 0 Å². The first-order valence-corrected chi connectivity index (χ1v) is 9.63. The molecule has 0 aliphatic heterocycles. The molecule has 3 N–H and O–H groups in total. The van der Waals surface area contributed by atoms with E-state index in [1.54, 1.807) is 33.2 Å². The van der Waals surface area contributed by atoms with Crippen molar-refractivity contribution in [3.8, 4) is 0 Å². The van der Waals surface area contributed by atoms with Crippen molar-refractivity contribution < 1.29 is 19.4 Å². The van der Waals surface area contributed by atoms with Crippen LogP contribution in [0.25, 0.3) is 0 Å². The lowest BCUT2D eigenvalue weighted by Crippen LogP contribution is -2.52. The highest BCUT2D eigenvalue weighted by Gasteiger charge is 2.29. The quantitative estimate of drug-likeness (QED) is 0.632. The molecule has 0 aliphatic carbocycles. The lowest BCUT2D eigenvalue weighted by molar-refractivity contribution is -0.130. The van der Waals surface area contributed by atoms with Crippen LogP contribution in [0.3, 0.4) is 0 Å². The molecule has 0 saturated heterocycles. The summed E-state index contributed by atoms with van der Waals surface area (Å²) >= 11 is 0. The van der Waals surface area contributed by atoms with E-state index in [9.17, 15) is 14.7 Å². The molecule has 0 radical (unpaired) electrons. The lowest BCUT2D eigenvalue weighted by atomic mass is 10.0. The van der Waals surface area contributed by atoms with Crippen LogP contribution >= 0.6 is 0 Å². The van der Waals surface area contributed by atoms with E-state index in [0.29, 0.717) is 19.4 Å². The van der Waals surface area contributed by atoms with Gasteiger partial charge in [-0.3, -0.25) is 9.78 Å². The number of ether oxygens (including phenoxy) is 1. The molecule has 1 heterocycles. The van der Waals surface area contributed by atoms with Gasteiger partial charge in [-0.25, -0.2) is 4.79 Å². The highest BCUT2D eigenvalue weighted by atomic mass is 16.6. The summed E-state index contributed by atoms with van der Waals surface area (Å²) in [5.41, 5.74) is 1.23. The van der Waals surface area contributed by atoms with Crippen molar-refractivity contribution in [2.24, 2.45) is 0 Å². The van der Waals surface area contributed by atoms with E-state index in [1.165, 1.54) is 0 Å². The number of carbonyl (C=O) groups excluding carboxylic acids is 2. The molecule has 156 valence electrons. The fourth-order valence-corrected chi connectivity index (χ4v) is 2.74. The second-order valence-corrected chi connectivity index (χ2v) is 7.78. The Hall–Kier alpha value is -2.93. The van der Waals surface area contributed by atoms with Crippen LogP contribution in [0.4, 0.5) is 4.79 Å². The Labute approximate surface area is 171 Å². The molecule has 0 fully saturated rings. The summed E-state index contributed by atoms with van der Waals surface area (Å²) in [5.74, 6) is -0.545. The summed E-state index contributed by atoms with van der Waals surface area (Å²) in [6.07, 6.45) is 2.18. The minimum absolute atomic E-state index is 0.291. The van der Waals surface area contributed by atoms with Gasteiger partial charge in [0.2, 0.25) is 0 Å². The van der Waals surface area contributed by atoms with Gasteiger partial charge >= 0.3 is 6.09 Å². The molecule has 0 saturated carbocycles. The summed E-state index contributed by atoms with van der Waals surface area (Å²) in [5, 5.41) is 15.9. The number of carbonyl (C=O) groups is 2. The van der Waals surface area contributed by atoms with Gasteiger partial charge in [0.05, 0.1) is 6.04 Å². The third-order valence-electron chi connectivity index (χ3n) is 4.11. The van der Waals surface area contributed by atoms with Gasteiger partial charge in [-0.05, 0) is 56.9 Å². The van der Waals surface area contributed by atoms with Gasteiger partial charge in [0.15, 0.2) is 6.10 Å². The van der Waals surface area contributed by atoms with Crippen LogP contribution in [0.1, 0.15) is 31.9 Å². The molecule has 2 atom stereocenters. The Morgan fingerprint density at radius 2 is 1.72 bits per heavy atom. The molecule has 2 amide bonds. The van der Waals surface area contributed by atoms with Crippen LogP contribution in [0.2, 0.25) is 0 Å². The molecule has 0 unspecified atom stereocenters. The molecule has 1 aromatic carbocycles. The van der Waals surface area contributed by atoms with Crippen LogP contribution in [-0.4, -0.2) is 46.4 Å². The zero-order valence-electron chi connectivity index (χ0n) is 17.1. The highest BCUT2D eigenvalue weighted by molar-refractivity contribution is 5.82. The number of nitrogens with one attached hydrogen (secondary N) is 2. The maximum Gasteiger partial charge on any atom is 0.407 e. The van der Waals surface area contributed by atoms with Crippen molar-refractivity contribution in [3.05, 3.63) is 66.0 Å². The van der Waals surface area contributed by atoms with Crippen molar-refractivity contribution in [1.29, 1.82) is 0 Å². The molecule has 7 nitrogen and oxygen atoms in total. The van der Waals surface area contributed by atoms with E-state index >= 15 is 0 Å².